The second-order valence-corrected chi connectivity index (χ2v) is 3.74. The largest absolute Gasteiger partial charge is 0.466 e. The summed E-state index contributed by atoms with van der Waals surface area (Å²) in [5, 5.41) is 0. The van der Waals surface area contributed by atoms with Crippen molar-refractivity contribution in [1.82, 2.24) is 4.98 Å². The van der Waals surface area contributed by atoms with Crippen LogP contribution in [0.3, 0.4) is 0 Å². The molecular weight excluding hydrogens is 266 g/mol. The third-order valence-corrected chi connectivity index (χ3v) is 2.58. The summed E-state index contributed by atoms with van der Waals surface area (Å²) in [7, 11) is 0. The first-order valence-electron chi connectivity index (χ1n) is 5.27. The molecule has 1 heterocycles. The summed E-state index contributed by atoms with van der Waals surface area (Å²) >= 11 is 5.63. The Morgan fingerprint density at radius 1 is 1.61 bits per heavy atom. The average Bonchev–Trinajstić information content (AvgIpc) is 2.30. The lowest BCUT2D eigenvalue weighted by atomic mass is 10.0. The van der Waals surface area contributed by atoms with Crippen molar-refractivity contribution in [3.8, 4) is 0 Å². The maximum absolute atomic E-state index is 12.9. The van der Waals surface area contributed by atoms with Crippen LogP contribution in [0.1, 0.15) is 30.2 Å². The molecule has 0 unspecified atom stereocenters. The third kappa shape index (κ3) is 3.29. The van der Waals surface area contributed by atoms with Gasteiger partial charge in [0.1, 0.15) is 0 Å². The quantitative estimate of drug-likeness (QED) is 0.664. The predicted octanol–water partition coefficient (Wildman–Crippen LogP) is 2.45. The molecule has 0 fully saturated rings. The molecule has 0 saturated carbocycles. The molecule has 0 aliphatic heterocycles. The molecule has 0 radical (unpaired) electrons. The van der Waals surface area contributed by atoms with Gasteiger partial charge < -0.3 is 10.5 Å². The van der Waals surface area contributed by atoms with Crippen molar-refractivity contribution >= 4 is 23.3 Å². The number of rotatable bonds is 5. The lowest BCUT2D eigenvalue weighted by Gasteiger charge is -2.13. The highest BCUT2D eigenvalue weighted by atomic mass is 35.5. The van der Waals surface area contributed by atoms with E-state index in [9.17, 15) is 13.6 Å². The number of nitrogen functional groups attached to an aromatic ring is 1. The van der Waals surface area contributed by atoms with Gasteiger partial charge in [-0.15, -0.1) is 11.6 Å². The second-order valence-electron chi connectivity index (χ2n) is 3.47. The summed E-state index contributed by atoms with van der Waals surface area (Å²) in [6.07, 6.45) is -1.86. The molecule has 7 heteroatoms. The fourth-order valence-electron chi connectivity index (χ4n) is 1.53. The minimum Gasteiger partial charge on any atom is -0.466 e. The van der Waals surface area contributed by atoms with E-state index in [0.717, 1.165) is 6.20 Å². The highest BCUT2D eigenvalue weighted by Crippen LogP contribution is 2.31. The van der Waals surface area contributed by atoms with Crippen LogP contribution < -0.4 is 5.73 Å². The number of aromatic nitrogens is 1. The molecule has 1 aromatic heterocycles. The summed E-state index contributed by atoms with van der Waals surface area (Å²) in [5.74, 6) is -0.728. The maximum atomic E-state index is 12.9. The Labute approximate surface area is 108 Å². The van der Waals surface area contributed by atoms with Crippen molar-refractivity contribution in [3.05, 3.63) is 23.0 Å². The van der Waals surface area contributed by atoms with Crippen molar-refractivity contribution in [3.63, 3.8) is 0 Å². The lowest BCUT2D eigenvalue weighted by molar-refractivity contribution is -0.142. The zero-order chi connectivity index (χ0) is 13.7. The van der Waals surface area contributed by atoms with E-state index in [4.69, 9.17) is 22.1 Å². The zero-order valence-corrected chi connectivity index (χ0v) is 10.5. The molecule has 18 heavy (non-hydrogen) atoms. The molecule has 0 aromatic carbocycles. The van der Waals surface area contributed by atoms with Gasteiger partial charge in [-0.2, -0.15) is 0 Å². The summed E-state index contributed by atoms with van der Waals surface area (Å²) in [6, 6.07) is 0. The normalized spacial score (nSPS) is 10.7. The summed E-state index contributed by atoms with van der Waals surface area (Å²) in [5.41, 5.74) is 5.22. The first kappa shape index (κ1) is 14.6. The van der Waals surface area contributed by atoms with E-state index in [0.29, 0.717) is 0 Å². The first-order chi connectivity index (χ1) is 8.51. The first-order valence-corrected chi connectivity index (χ1v) is 5.80. The van der Waals surface area contributed by atoms with E-state index in [-0.39, 0.29) is 41.4 Å². The molecule has 1 rings (SSSR count). The Kier molecular flexibility index (Phi) is 5.27. The molecular formula is C11H13ClF2N2O2. The van der Waals surface area contributed by atoms with Crippen LogP contribution in [-0.4, -0.2) is 17.6 Å². The molecule has 100 valence electrons. The highest BCUT2D eigenvalue weighted by molar-refractivity contribution is 6.17. The smallest absolute Gasteiger partial charge is 0.311 e. The van der Waals surface area contributed by atoms with Gasteiger partial charge in [-0.3, -0.25) is 9.78 Å². The molecule has 0 spiro atoms. The lowest BCUT2D eigenvalue weighted by Crippen LogP contribution is -2.13. The summed E-state index contributed by atoms with van der Waals surface area (Å²) < 4.78 is 30.5. The van der Waals surface area contributed by atoms with E-state index in [1.807, 2.05) is 0 Å². The van der Waals surface area contributed by atoms with Crippen LogP contribution in [0.25, 0.3) is 0 Å². The van der Waals surface area contributed by atoms with Gasteiger partial charge in [-0.05, 0) is 12.5 Å². The maximum Gasteiger partial charge on any atom is 0.311 e. The molecule has 0 saturated heterocycles. The SMILES string of the molecule is CCOC(=O)Cc1ncc(N)c(C(F)F)c1CCl. The number of halogens is 3. The molecule has 0 amide bonds. The molecule has 0 aliphatic rings. The van der Waals surface area contributed by atoms with Gasteiger partial charge >= 0.3 is 5.97 Å². The number of anilines is 1. The van der Waals surface area contributed by atoms with Crippen molar-refractivity contribution in [2.75, 3.05) is 12.3 Å². The average molecular weight is 279 g/mol. The third-order valence-electron chi connectivity index (χ3n) is 2.31. The van der Waals surface area contributed by atoms with Crippen LogP contribution in [0, 0.1) is 0 Å². The second kappa shape index (κ2) is 6.49. The fraction of sp³-hybridized carbons (Fsp3) is 0.455. The van der Waals surface area contributed by atoms with Gasteiger partial charge in [0, 0.05) is 11.4 Å². The number of hydrogen-bond acceptors (Lipinski definition) is 4. The molecule has 0 atom stereocenters. The number of alkyl halides is 3. The predicted molar refractivity (Wildman–Crippen MR) is 63.5 cm³/mol. The number of nitrogens with two attached hydrogens (primary N) is 1. The summed E-state index contributed by atoms with van der Waals surface area (Å²) in [6.45, 7) is 1.87. The number of carbonyl (C=O) groups is 1. The number of ether oxygens (including phenoxy) is 1. The van der Waals surface area contributed by atoms with Gasteiger partial charge in [0.25, 0.3) is 6.43 Å². The van der Waals surface area contributed by atoms with Crippen LogP contribution in [0.2, 0.25) is 0 Å². The van der Waals surface area contributed by atoms with E-state index < -0.39 is 12.4 Å². The number of hydrogen-bond donors (Lipinski definition) is 1. The number of pyridine rings is 1. The minimum absolute atomic E-state index is 0.0970. The number of carbonyl (C=O) groups excluding carboxylic acids is 1. The van der Waals surface area contributed by atoms with Crippen molar-refractivity contribution in [2.45, 2.75) is 25.7 Å². The molecule has 4 nitrogen and oxygen atoms in total. The molecule has 0 bridgehead atoms. The zero-order valence-electron chi connectivity index (χ0n) is 9.75. The number of nitrogens with zero attached hydrogens (tertiary/aromatic N) is 1. The van der Waals surface area contributed by atoms with Crippen molar-refractivity contribution in [2.24, 2.45) is 0 Å². The highest BCUT2D eigenvalue weighted by Gasteiger charge is 2.21. The van der Waals surface area contributed by atoms with E-state index in [2.05, 4.69) is 4.98 Å². The minimum atomic E-state index is -2.76. The Bertz CT molecular complexity index is 441. The van der Waals surface area contributed by atoms with Gasteiger partial charge in [0.15, 0.2) is 0 Å². The van der Waals surface area contributed by atoms with Gasteiger partial charge in [-0.25, -0.2) is 8.78 Å². The summed E-state index contributed by atoms with van der Waals surface area (Å²) in [4.78, 5) is 15.2. The van der Waals surface area contributed by atoms with Crippen LogP contribution in [-0.2, 0) is 21.8 Å². The topological polar surface area (TPSA) is 65.2 Å². The standard InChI is InChI=1S/C11H13ClF2N2O2/c1-2-18-9(17)3-8-6(4-12)10(11(13)14)7(15)5-16-8/h5,11H,2-4,15H2,1H3. The molecule has 2 N–H and O–H groups in total. The van der Waals surface area contributed by atoms with Crippen molar-refractivity contribution < 1.29 is 18.3 Å². The van der Waals surface area contributed by atoms with Gasteiger partial charge in [0.2, 0.25) is 0 Å². The Morgan fingerprint density at radius 2 is 2.28 bits per heavy atom. The van der Waals surface area contributed by atoms with Crippen LogP contribution in [0.4, 0.5) is 14.5 Å². The van der Waals surface area contributed by atoms with E-state index >= 15 is 0 Å². The Hall–Kier alpha value is -1.43. The fourth-order valence-corrected chi connectivity index (χ4v) is 1.83. The van der Waals surface area contributed by atoms with Gasteiger partial charge in [-0.1, -0.05) is 0 Å². The number of esters is 1. The Balaban J connectivity index is 3.13. The van der Waals surface area contributed by atoms with E-state index in [1.54, 1.807) is 6.92 Å². The Morgan fingerprint density at radius 3 is 2.78 bits per heavy atom. The molecule has 1 aromatic rings. The van der Waals surface area contributed by atoms with Crippen LogP contribution in [0.5, 0.6) is 0 Å². The van der Waals surface area contributed by atoms with Crippen LogP contribution in [0.15, 0.2) is 6.20 Å². The van der Waals surface area contributed by atoms with E-state index in [1.165, 1.54) is 0 Å². The van der Waals surface area contributed by atoms with Gasteiger partial charge in [0.05, 0.1) is 30.6 Å². The monoisotopic (exact) mass is 278 g/mol. The molecule has 0 aliphatic carbocycles. The van der Waals surface area contributed by atoms with Crippen molar-refractivity contribution in [1.29, 1.82) is 0 Å². The van der Waals surface area contributed by atoms with Crippen LogP contribution >= 0.6 is 11.6 Å².